The molecular weight excluding hydrogens is 352 g/mol. The van der Waals surface area contributed by atoms with Crippen LogP contribution in [0.5, 0.6) is 5.75 Å². The molecule has 1 atom stereocenters. The predicted octanol–water partition coefficient (Wildman–Crippen LogP) is 3.33. The average molecular weight is 375 g/mol. The summed E-state index contributed by atoms with van der Waals surface area (Å²) in [5, 5.41) is 10.8. The minimum absolute atomic E-state index is 0.0235. The zero-order valence-electron chi connectivity index (χ0n) is 15.0. The molecule has 2 aromatic carbocycles. The van der Waals surface area contributed by atoms with Gasteiger partial charge in [0.25, 0.3) is 0 Å². The summed E-state index contributed by atoms with van der Waals surface area (Å²) in [4.78, 5) is 14.1. The maximum absolute atomic E-state index is 13.7. The molecule has 4 nitrogen and oxygen atoms in total. The van der Waals surface area contributed by atoms with Crippen LogP contribution in [0.15, 0.2) is 48.5 Å². The lowest BCUT2D eigenvalue weighted by Gasteiger charge is -2.39. The Morgan fingerprint density at radius 2 is 1.89 bits per heavy atom. The normalized spacial score (nSPS) is 19.7. The van der Waals surface area contributed by atoms with Crippen LogP contribution in [0.1, 0.15) is 24.8 Å². The van der Waals surface area contributed by atoms with Crippen LogP contribution in [0.3, 0.4) is 0 Å². The number of aliphatic hydroxyl groups is 1. The Hall–Kier alpha value is -2.47. The molecule has 6 heteroatoms. The molecule has 0 radical (unpaired) electrons. The molecule has 0 spiro atoms. The maximum atomic E-state index is 13.7. The number of piperidine rings is 1. The molecule has 1 amide bonds. The fourth-order valence-corrected chi connectivity index (χ4v) is 3.29. The van der Waals surface area contributed by atoms with E-state index in [4.69, 9.17) is 4.74 Å². The number of β-amino-alcohol motifs (C(OH)–C–C–N with tert-alkyl or cyclic N) is 1. The Kier molecular flexibility index (Phi) is 6.06. The van der Waals surface area contributed by atoms with Gasteiger partial charge in [-0.15, -0.1) is 0 Å². The summed E-state index contributed by atoms with van der Waals surface area (Å²) in [5.74, 6) is -0.315. The van der Waals surface area contributed by atoms with Crippen LogP contribution in [0.2, 0.25) is 0 Å². The van der Waals surface area contributed by atoms with Crippen molar-refractivity contribution >= 4 is 5.91 Å². The van der Waals surface area contributed by atoms with E-state index >= 15 is 0 Å². The molecule has 1 aliphatic heterocycles. The highest BCUT2D eigenvalue weighted by molar-refractivity contribution is 5.76. The van der Waals surface area contributed by atoms with Crippen LogP contribution in [-0.4, -0.2) is 41.2 Å². The maximum Gasteiger partial charge on any atom is 0.223 e. The number of amides is 1. The molecule has 1 unspecified atom stereocenters. The van der Waals surface area contributed by atoms with Crippen molar-refractivity contribution in [3.05, 3.63) is 65.7 Å². The monoisotopic (exact) mass is 375 g/mol. The number of aryl methyl sites for hydroxylation is 1. The fourth-order valence-electron chi connectivity index (χ4n) is 3.29. The van der Waals surface area contributed by atoms with Gasteiger partial charge in [0.2, 0.25) is 5.91 Å². The number of hydrogen-bond donors (Lipinski definition) is 1. The lowest BCUT2D eigenvalue weighted by Crippen LogP contribution is -2.53. The fraction of sp³-hybridized carbons (Fsp3) is 0.381. The molecule has 0 saturated carbocycles. The van der Waals surface area contributed by atoms with Gasteiger partial charge in [0, 0.05) is 13.0 Å². The van der Waals surface area contributed by atoms with Gasteiger partial charge in [0.05, 0.1) is 6.54 Å². The molecular formula is C21H23F2NO3. The third kappa shape index (κ3) is 5.26. The first-order valence-electron chi connectivity index (χ1n) is 9.07. The van der Waals surface area contributed by atoms with Crippen molar-refractivity contribution < 1.29 is 23.4 Å². The number of hydrogen-bond acceptors (Lipinski definition) is 3. The van der Waals surface area contributed by atoms with Crippen molar-refractivity contribution in [2.24, 2.45) is 0 Å². The number of ether oxygens (including phenoxy) is 1. The summed E-state index contributed by atoms with van der Waals surface area (Å²) >= 11 is 0. The van der Waals surface area contributed by atoms with Gasteiger partial charge in [-0.05, 0) is 55.2 Å². The number of rotatable bonds is 6. The van der Waals surface area contributed by atoms with Crippen LogP contribution in [0.4, 0.5) is 8.78 Å². The Balaban J connectivity index is 1.53. The van der Waals surface area contributed by atoms with E-state index in [0.717, 1.165) is 0 Å². The van der Waals surface area contributed by atoms with Gasteiger partial charge in [-0.1, -0.05) is 18.2 Å². The minimum Gasteiger partial charge on any atom is -0.491 e. The highest BCUT2D eigenvalue weighted by Crippen LogP contribution is 2.24. The van der Waals surface area contributed by atoms with E-state index in [1.54, 1.807) is 23.1 Å². The second-order valence-corrected chi connectivity index (χ2v) is 6.98. The number of nitrogens with zero attached hydrogens (tertiary/aromatic N) is 1. The smallest absolute Gasteiger partial charge is 0.223 e. The molecule has 1 heterocycles. The zero-order chi connectivity index (χ0) is 19.3. The Morgan fingerprint density at radius 1 is 1.15 bits per heavy atom. The first-order valence-corrected chi connectivity index (χ1v) is 9.07. The molecule has 1 fully saturated rings. The zero-order valence-corrected chi connectivity index (χ0v) is 15.0. The molecule has 1 N–H and O–H groups in total. The van der Waals surface area contributed by atoms with Gasteiger partial charge in [0.15, 0.2) is 0 Å². The summed E-state index contributed by atoms with van der Waals surface area (Å²) < 4.78 is 32.2. The van der Waals surface area contributed by atoms with Crippen molar-refractivity contribution in [3.63, 3.8) is 0 Å². The molecule has 0 bridgehead atoms. The number of carbonyl (C=O) groups excluding carboxylic acids is 1. The summed E-state index contributed by atoms with van der Waals surface area (Å²) in [6.45, 7) is 0.759. The molecule has 2 aromatic rings. The lowest BCUT2D eigenvalue weighted by atomic mass is 9.93. The third-order valence-corrected chi connectivity index (χ3v) is 4.80. The highest BCUT2D eigenvalue weighted by Gasteiger charge is 2.36. The summed E-state index contributed by atoms with van der Waals surface area (Å²) in [5.41, 5.74) is -0.641. The van der Waals surface area contributed by atoms with Crippen LogP contribution in [0, 0.1) is 11.6 Å². The van der Waals surface area contributed by atoms with E-state index in [2.05, 4.69) is 0 Å². The van der Waals surface area contributed by atoms with Crippen molar-refractivity contribution in [1.29, 1.82) is 0 Å². The second-order valence-electron chi connectivity index (χ2n) is 6.98. The van der Waals surface area contributed by atoms with E-state index < -0.39 is 5.60 Å². The van der Waals surface area contributed by atoms with Crippen LogP contribution < -0.4 is 4.74 Å². The van der Waals surface area contributed by atoms with E-state index in [1.165, 1.54) is 30.3 Å². The Labute approximate surface area is 157 Å². The summed E-state index contributed by atoms with van der Waals surface area (Å²) in [7, 11) is 0. The van der Waals surface area contributed by atoms with Crippen LogP contribution in [-0.2, 0) is 11.2 Å². The molecule has 1 aliphatic rings. The lowest BCUT2D eigenvalue weighted by molar-refractivity contribution is -0.140. The second kappa shape index (κ2) is 8.48. The van der Waals surface area contributed by atoms with E-state index in [-0.39, 0.29) is 37.1 Å². The van der Waals surface area contributed by atoms with Crippen molar-refractivity contribution in [1.82, 2.24) is 4.90 Å². The van der Waals surface area contributed by atoms with Gasteiger partial charge >= 0.3 is 0 Å². The molecule has 27 heavy (non-hydrogen) atoms. The number of carbonyl (C=O) groups is 1. The van der Waals surface area contributed by atoms with Gasteiger partial charge in [-0.2, -0.15) is 0 Å². The predicted molar refractivity (Wildman–Crippen MR) is 97.4 cm³/mol. The van der Waals surface area contributed by atoms with Crippen LogP contribution >= 0.6 is 0 Å². The first-order chi connectivity index (χ1) is 13.0. The molecule has 3 rings (SSSR count). The van der Waals surface area contributed by atoms with Gasteiger partial charge in [-0.3, -0.25) is 4.79 Å². The topological polar surface area (TPSA) is 49.8 Å². The molecule has 1 saturated heterocycles. The van der Waals surface area contributed by atoms with Gasteiger partial charge in [-0.25, -0.2) is 8.78 Å². The standard InChI is InChI=1S/C21H23F2NO3/c22-17-7-9-18(10-8-17)27-15-21(26)12-3-13-24(14-21)20(25)11-6-16-4-1-2-5-19(16)23/h1-2,4-5,7-10,26H,3,6,11-15H2. The van der Waals surface area contributed by atoms with Crippen LogP contribution in [0.25, 0.3) is 0 Å². The number of benzene rings is 2. The number of halogens is 2. The van der Waals surface area contributed by atoms with E-state index in [9.17, 15) is 18.7 Å². The van der Waals surface area contributed by atoms with Crippen molar-refractivity contribution in [2.75, 3.05) is 19.7 Å². The largest absolute Gasteiger partial charge is 0.491 e. The SMILES string of the molecule is O=C(CCc1ccccc1F)N1CCCC(O)(COc2ccc(F)cc2)C1. The van der Waals surface area contributed by atoms with Gasteiger partial charge in [0.1, 0.15) is 29.6 Å². The Morgan fingerprint density at radius 3 is 2.63 bits per heavy atom. The first kappa shape index (κ1) is 19.3. The quantitative estimate of drug-likeness (QED) is 0.843. The third-order valence-electron chi connectivity index (χ3n) is 4.80. The molecule has 0 aromatic heterocycles. The summed E-state index contributed by atoms with van der Waals surface area (Å²) in [6, 6.07) is 12.0. The summed E-state index contributed by atoms with van der Waals surface area (Å²) in [6.07, 6.45) is 1.70. The number of likely N-dealkylation sites (tertiary alicyclic amines) is 1. The molecule has 0 aliphatic carbocycles. The van der Waals surface area contributed by atoms with Gasteiger partial charge < -0.3 is 14.7 Å². The van der Waals surface area contributed by atoms with Crippen molar-refractivity contribution in [3.8, 4) is 5.75 Å². The Bertz CT molecular complexity index is 781. The average Bonchev–Trinajstić information content (AvgIpc) is 2.67. The highest BCUT2D eigenvalue weighted by atomic mass is 19.1. The molecule has 144 valence electrons. The van der Waals surface area contributed by atoms with E-state index in [0.29, 0.717) is 37.1 Å². The minimum atomic E-state index is -1.15. The van der Waals surface area contributed by atoms with Crippen molar-refractivity contribution in [2.45, 2.75) is 31.3 Å². The van der Waals surface area contributed by atoms with E-state index in [1.807, 2.05) is 0 Å².